The van der Waals surface area contributed by atoms with Crippen molar-refractivity contribution >= 4 is 50.5 Å². The van der Waals surface area contributed by atoms with E-state index in [4.69, 9.17) is 4.74 Å². The number of halogens is 1. The smallest absolute Gasteiger partial charge is 0.252 e. The van der Waals surface area contributed by atoms with Gasteiger partial charge in [0.15, 0.2) is 10.8 Å². The molecule has 0 saturated carbocycles. The predicted molar refractivity (Wildman–Crippen MR) is 114 cm³/mol. The maximum absolute atomic E-state index is 12.3. The fourth-order valence-electron chi connectivity index (χ4n) is 2.61. The first-order chi connectivity index (χ1) is 13.6. The minimum atomic E-state index is -0.134. The van der Waals surface area contributed by atoms with E-state index in [0.29, 0.717) is 37.0 Å². The van der Waals surface area contributed by atoms with Gasteiger partial charge >= 0.3 is 0 Å². The fourth-order valence-corrected chi connectivity index (χ4v) is 3.44. The second-order valence-corrected chi connectivity index (χ2v) is 7.45. The number of nitrogens with zero attached hydrogens (tertiary/aromatic N) is 4. The number of amides is 1. The molecule has 3 rings (SSSR count). The van der Waals surface area contributed by atoms with Gasteiger partial charge in [0.2, 0.25) is 0 Å². The zero-order chi connectivity index (χ0) is 19.9. The lowest BCUT2D eigenvalue weighted by molar-refractivity contribution is 0.0951. The number of rotatable bonds is 9. The Morgan fingerprint density at radius 3 is 2.86 bits per heavy atom. The molecule has 0 saturated heterocycles. The van der Waals surface area contributed by atoms with Crippen molar-refractivity contribution in [1.29, 1.82) is 0 Å². The number of fused-ring (bicyclic) bond motifs is 1. The average Bonchev–Trinajstić information content (AvgIpc) is 3.11. The standard InChI is InChI=1S/C18H21BrN6O2S/c1-27-10-8-20-15-13-11-22-25(16(13)24-18(23-15)28-2)9-7-21-17(26)12-5-3-4-6-14(12)19/h3-6,11H,7-10H2,1-2H3,(H,21,26)(H,20,23,24). The number of aromatic nitrogens is 4. The molecule has 0 fully saturated rings. The van der Waals surface area contributed by atoms with Gasteiger partial charge in [-0.05, 0) is 34.3 Å². The molecule has 28 heavy (non-hydrogen) atoms. The lowest BCUT2D eigenvalue weighted by atomic mass is 10.2. The number of anilines is 1. The molecular formula is C18H21BrN6O2S. The van der Waals surface area contributed by atoms with Gasteiger partial charge in [0.1, 0.15) is 5.82 Å². The average molecular weight is 465 g/mol. The number of thioether (sulfide) groups is 1. The van der Waals surface area contributed by atoms with Crippen LogP contribution in [-0.4, -0.2) is 58.7 Å². The lowest BCUT2D eigenvalue weighted by Crippen LogP contribution is -2.27. The van der Waals surface area contributed by atoms with Crippen LogP contribution in [0.1, 0.15) is 10.4 Å². The Balaban J connectivity index is 1.72. The zero-order valence-corrected chi connectivity index (χ0v) is 18.0. The maximum atomic E-state index is 12.3. The molecule has 2 N–H and O–H groups in total. The molecule has 0 radical (unpaired) electrons. The van der Waals surface area contributed by atoms with E-state index in [2.05, 4.69) is 41.6 Å². The van der Waals surface area contributed by atoms with Crippen LogP contribution in [0.4, 0.5) is 5.82 Å². The van der Waals surface area contributed by atoms with E-state index in [1.54, 1.807) is 24.1 Å². The summed E-state index contributed by atoms with van der Waals surface area (Å²) >= 11 is 4.86. The Morgan fingerprint density at radius 2 is 2.11 bits per heavy atom. The molecule has 0 spiro atoms. The monoisotopic (exact) mass is 464 g/mol. The van der Waals surface area contributed by atoms with E-state index < -0.39 is 0 Å². The second kappa shape index (κ2) is 9.85. The summed E-state index contributed by atoms with van der Waals surface area (Å²) in [5.41, 5.74) is 1.33. The van der Waals surface area contributed by atoms with Crippen LogP contribution in [0.2, 0.25) is 0 Å². The van der Waals surface area contributed by atoms with Crippen LogP contribution in [0, 0.1) is 0 Å². The molecule has 8 nitrogen and oxygen atoms in total. The van der Waals surface area contributed by atoms with Gasteiger partial charge in [0.25, 0.3) is 5.91 Å². The van der Waals surface area contributed by atoms with Crippen molar-refractivity contribution < 1.29 is 9.53 Å². The predicted octanol–water partition coefficient (Wildman–Crippen LogP) is 2.80. The molecule has 1 amide bonds. The van der Waals surface area contributed by atoms with Crippen LogP contribution >= 0.6 is 27.7 Å². The Labute approximate surface area is 175 Å². The molecule has 0 atom stereocenters. The van der Waals surface area contributed by atoms with E-state index in [0.717, 1.165) is 21.3 Å². The van der Waals surface area contributed by atoms with E-state index in [1.807, 2.05) is 24.5 Å². The molecule has 0 bridgehead atoms. The summed E-state index contributed by atoms with van der Waals surface area (Å²) in [5, 5.41) is 12.1. The van der Waals surface area contributed by atoms with Crippen LogP contribution < -0.4 is 10.6 Å². The Kier molecular flexibility index (Phi) is 7.24. The van der Waals surface area contributed by atoms with Crippen LogP contribution in [-0.2, 0) is 11.3 Å². The third-order valence-electron chi connectivity index (χ3n) is 3.98. The first-order valence-electron chi connectivity index (χ1n) is 8.67. The highest BCUT2D eigenvalue weighted by atomic mass is 79.9. The van der Waals surface area contributed by atoms with Gasteiger partial charge in [-0.15, -0.1) is 0 Å². The Hall–Kier alpha value is -2.17. The molecule has 0 unspecified atom stereocenters. The van der Waals surface area contributed by atoms with Crippen molar-refractivity contribution in [3.8, 4) is 0 Å². The van der Waals surface area contributed by atoms with Crippen molar-refractivity contribution in [2.75, 3.05) is 38.4 Å². The van der Waals surface area contributed by atoms with Crippen LogP contribution in [0.5, 0.6) is 0 Å². The molecular weight excluding hydrogens is 444 g/mol. The molecule has 2 aromatic heterocycles. The molecule has 1 aromatic carbocycles. The zero-order valence-electron chi connectivity index (χ0n) is 15.6. The minimum absolute atomic E-state index is 0.134. The number of hydrogen-bond acceptors (Lipinski definition) is 7. The fraction of sp³-hybridized carbons (Fsp3) is 0.333. The third kappa shape index (κ3) is 4.81. The maximum Gasteiger partial charge on any atom is 0.252 e. The highest BCUT2D eigenvalue weighted by Gasteiger charge is 2.13. The summed E-state index contributed by atoms with van der Waals surface area (Å²) in [5.74, 6) is 0.597. The first kappa shape index (κ1) is 20.6. The SMILES string of the molecule is COCCNc1nc(SC)nc2c1cnn2CCNC(=O)c1ccccc1Br. The van der Waals surface area contributed by atoms with Crippen LogP contribution in [0.15, 0.2) is 40.1 Å². The number of ether oxygens (including phenoxy) is 1. The van der Waals surface area contributed by atoms with Crippen molar-refractivity contribution in [2.45, 2.75) is 11.7 Å². The van der Waals surface area contributed by atoms with Gasteiger partial charge in [0, 0.05) is 24.7 Å². The van der Waals surface area contributed by atoms with Gasteiger partial charge in [-0.25, -0.2) is 14.6 Å². The van der Waals surface area contributed by atoms with Crippen molar-refractivity contribution in [2.24, 2.45) is 0 Å². The summed E-state index contributed by atoms with van der Waals surface area (Å²) in [7, 11) is 1.66. The molecule has 0 aliphatic carbocycles. The normalized spacial score (nSPS) is 11.0. The lowest BCUT2D eigenvalue weighted by Gasteiger charge is -2.09. The number of benzene rings is 1. The molecule has 0 aliphatic heterocycles. The van der Waals surface area contributed by atoms with Crippen LogP contribution in [0.3, 0.4) is 0 Å². The van der Waals surface area contributed by atoms with Gasteiger partial charge in [-0.3, -0.25) is 4.79 Å². The highest BCUT2D eigenvalue weighted by Crippen LogP contribution is 2.23. The van der Waals surface area contributed by atoms with E-state index in [-0.39, 0.29) is 5.91 Å². The van der Waals surface area contributed by atoms with Gasteiger partial charge in [-0.1, -0.05) is 23.9 Å². The molecule has 148 valence electrons. The van der Waals surface area contributed by atoms with Crippen molar-refractivity contribution in [3.63, 3.8) is 0 Å². The second-order valence-electron chi connectivity index (χ2n) is 5.82. The molecule has 2 heterocycles. The quantitative estimate of drug-likeness (QED) is 0.285. The Morgan fingerprint density at radius 1 is 1.29 bits per heavy atom. The summed E-state index contributed by atoms with van der Waals surface area (Å²) in [4.78, 5) is 21.4. The van der Waals surface area contributed by atoms with Crippen molar-refractivity contribution in [3.05, 3.63) is 40.5 Å². The molecule has 10 heteroatoms. The third-order valence-corrected chi connectivity index (χ3v) is 5.22. The number of methoxy groups -OCH3 is 1. The number of hydrogen-bond donors (Lipinski definition) is 2. The van der Waals surface area contributed by atoms with Gasteiger partial charge < -0.3 is 15.4 Å². The topological polar surface area (TPSA) is 94.0 Å². The van der Waals surface area contributed by atoms with Gasteiger partial charge in [-0.2, -0.15) is 5.10 Å². The summed E-state index contributed by atoms with van der Waals surface area (Å²) < 4.78 is 7.62. The molecule has 3 aromatic rings. The number of carbonyl (C=O) groups excluding carboxylic acids is 1. The number of carbonyl (C=O) groups is 1. The number of nitrogens with one attached hydrogen (secondary N) is 2. The largest absolute Gasteiger partial charge is 0.383 e. The minimum Gasteiger partial charge on any atom is -0.383 e. The summed E-state index contributed by atoms with van der Waals surface area (Å²) in [6.45, 7) is 2.16. The molecule has 0 aliphatic rings. The van der Waals surface area contributed by atoms with Gasteiger partial charge in [0.05, 0.1) is 30.3 Å². The van der Waals surface area contributed by atoms with E-state index in [1.165, 1.54) is 11.8 Å². The van der Waals surface area contributed by atoms with E-state index in [9.17, 15) is 4.79 Å². The highest BCUT2D eigenvalue weighted by molar-refractivity contribution is 9.10. The Bertz CT molecular complexity index is 964. The summed E-state index contributed by atoms with van der Waals surface area (Å²) in [6, 6.07) is 7.32. The summed E-state index contributed by atoms with van der Waals surface area (Å²) in [6.07, 6.45) is 3.67. The van der Waals surface area contributed by atoms with Crippen LogP contribution in [0.25, 0.3) is 11.0 Å². The first-order valence-corrected chi connectivity index (χ1v) is 10.7. The van der Waals surface area contributed by atoms with Crippen molar-refractivity contribution in [1.82, 2.24) is 25.1 Å². The van der Waals surface area contributed by atoms with E-state index >= 15 is 0 Å².